The molecule has 1 aliphatic heterocycles. The molecule has 2 nitrogen and oxygen atoms in total. The summed E-state index contributed by atoms with van der Waals surface area (Å²) < 4.78 is 10.1. The first-order valence-electron chi connectivity index (χ1n) is 3.78. The van der Waals surface area contributed by atoms with E-state index in [9.17, 15) is 0 Å². The van der Waals surface area contributed by atoms with Crippen LogP contribution in [0.4, 0.5) is 0 Å². The number of halogens is 1. The van der Waals surface area contributed by atoms with E-state index in [1.54, 1.807) is 0 Å². The van der Waals surface area contributed by atoms with E-state index < -0.39 is 0 Å². The van der Waals surface area contributed by atoms with E-state index in [4.69, 9.17) is 7.80 Å². The zero-order chi connectivity index (χ0) is 7.82. The van der Waals surface area contributed by atoms with Crippen LogP contribution >= 0.6 is 23.0 Å². The Hall–Kier alpha value is 0.650. The molecule has 0 bridgehead atoms. The third-order valence-electron chi connectivity index (χ3n) is 1.27. The van der Waals surface area contributed by atoms with Crippen molar-refractivity contribution in [3.8, 4) is 0 Å². The van der Waals surface area contributed by atoms with Gasteiger partial charge in [0.1, 0.15) is 23.0 Å². The highest BCUT2D eigenvalue weighted by Gasteiger charge is 2.14. The summed E-state index contributed by atoms with van der Waals surface area (Å²) in [5.74, 6) is 0. The van der Waals surface area contributed by atoms with Crippen molar-refractivity contribution in [2.24, 2.45) is 0 Å². The highest BCUT2D eigenvalue weighted by molar-refractivity contribution is 14.1. The Morgan fingerprint density at radius 3 is 2.70 bits per heavy atom. The van der Waals surface area contributed by atoms with Crippen LogP contribution in [0.15, 0.2) is 0 Å². The Bertz CT molecular complexity index is 62.6. The summed E-state index contributed by atoms with van der Waals surface area (Å²) in [6, 6.07) is 0. The molecule has 1 rings (SSSR count). The predicted molar refractivity (Wildman–Crippen MR) is 50.3 cm³/mol. The second-order valence-electron chi connectivity index (χ2n) is 1.91. The number of hydrogen-bond acceptors (Lipinski definition) is 2. The van der Waals surface area contributed by atoms with Crippen molar-refractivity contribution in [2.75, 3.05) is 13.2 Å². The van der Waals surface area contributed by atoms with Crippen molar-refractivity contribution in [1.29, 1.82) is 0 Å². The molecule has 0 aromatic rings. The zero-order valence-corrected chi connectivity index (χ0v) is 8.76. The van der Waals surface area contributed by atoms with Crippen molar-refractivity contribution in [2.45, 2.75) is 32.8 Å². The Balaban J connectivity index is 0.000000371. The predicted octanol–water partition coefficient (Wildman–Crippen LogP) is 2.56. The van der Waals surface area contributed by atoms with Crippen molar-refractivity contribution in [3.05, 3.63) is 0 Å². The molecule has 0 saturated carbocycles. The summed E-state index contributed by atoms with van der Waals surface area (Å²) in [5, 5.41) is 0. The Labute approximate surface area is 77.0 Å². The largest absolute Gasteiger partial charge is 0.376 e. The number of rotatable bonds is 2. The number of hydrogen-bond donors (Lipinski definition) is 0. The minimum Gasteiger partial charge on any atom is -0.376 e. The van der Waals surface area contributed by atoms with Crippen LogP contribution in [-0.2, 0) is 7.80 Å². The fraction of sp³-hybridized carbons (Fsp3) is 1.00. The summed E-state index contributed by atoms with van der Waals surface area (Å²) in [5.41, 5.74) is 0. The molecule has 0 radical (unpaired) electrons. The van der Waals surface area contributed by atoms with Gasteiger partial charge in [-0.15, -0.1) is 0 Å². The fourth-order valence-electron chi connectivity index (χ4n) is 0.846. The highest BCUT2D eigenvalue weighted by atomic mass is 127. The molecule has 1 heterocycles. The molecule has 0 aromatic carbocycles. The molecule has 1 atom stereocenters. The summed E-state index contributed by atoms with van der Waals surface area (Å²) >= 11 is 1.90. The van der Waals surface area contributed by atoms with Gasteiger partial charge in [0.25, 0.3) is 0 Å². The van der Waals surface area contributed by atoms with Crippen LogP contribution in [-0.4, -0.2) is 19.3 Å². The van der Waals surface area contributed by atoms with Gasteiger partial charge in [-0.25, -0.2) is 0 Å². The van der Waals surface area contributed by atoms with Gasteiger partial charge < -0.3 is 7.80 Å². The smallest absolute Gasteiger partial charge is 0.109 e. The average molecular weight is 258 g/mol. The van der Waals surface area contributed by atoms with Gasteiger partial charge in [0.2, 0.25) is 0 Å². The Morgan fingerprint density at radius 2 is 2.30 bits per heavy atom. The molecule has 1 aliphatic rings. The SMILES string of the molecule is CC.IOCC1CCCO1. The van der Waals surface area contributed by atoms with Crippen LogP contribution in [0.25, 0.3) is 0 Å². The van der Waals surface area contributed by atoms with Gasteiger partial charge in [-0.1, -0.05) is 13.8 Å². The summed E-state index contributed by atoms with van der Waals surface area (Å²) in [6.07, 6.45) is 2.75. The lowest BCUT2D eigenvalue weighted by Crippen LogP contribution is -2.09. The minimum absolute atomic E-state index is 0.381. The Kier molecular flexibility index (Phi) is 8.26. The zero-order valence-electron chi connectivity index (χ0n) is 6.60. The maximum Gasteiger partial charge on any atom is 0.109 e. The molecule has 0 aliphatic carbocycles. The molecule has 0 aromatic heterocycles. The van der Waals surface area contributed by atoms with Gasteiger partial charge in [-0.3, -0.25) is 0 Å². The van der Waals surface area contributed by atoms with E-state index in [-0.39, 0.29) is 0 Å². The first-order chi connectivity index (χ1) is 4.93. The molecule has 3 heteroatoms. The summed E-state index contributed by atoms with van der Waals surface area (Å²) in [6.45, 7) is 5.67. The molecule has 1 saturated heterocycles. The molecule has 0 spiro atoms. The maximum absolute atomic E-state index is 5.26. The highest BCUT2D eigenvalue weighted by Crippen LogP contribution is 2.12. The van der Waals surface area contributed by atoms with Crippen LogP contribution in [0.1, 0.15) is 26.7 Å². The fourth-order valence-corrected chi connectivity index (χ4v) is 1.25. The van der Waals surface area contributed by atoms with Gasteiger partial charge >= 0.3 is 0 Å². The van der Waals surface area contributed by atoms with E-state index in [1.165, 1.54) is 12.8 Å². The standard InChI is InChI=1S/C5H9IO2.C2H6/c6-8-4-5-2-1-3-7-5;1-2/h5H,1-4H2;1-2H3. The summed E-state index contributed by atoms with van der Waals surface area (Å²) in [7, 11) is 0. The minimum atomic E-state index is 0.381. The summed E-state index contributed by atoms with van der Waals surface area (Å²) in [4.78, 5) is 0. The molecule has 10 heavy (non-hydrogen) atoms. The van der Waals surface area contributed by atoms with Crippen LogP contribution in [0, 0.1) is 0 Å². The Morgan fingerprint density at radius 1 is 1.60 bits per heavy atom. The lowest BCUT2D eigenvalue weighted by atomic mass is 10.2. The average Bonchev–Trinajstić information content (AvgIpc) is 2.46. The van der Waals surface area contributed by atoms with Gasteiger partial charge in [-0.05, 0) is 12.8 Å². The van der Waals surface area contributed by atoms with Crippen LogP contribution in [0.5, 0.6) is 0 Å². The van der Waals surface area contributed by atoms with Crippen LogP contribution < -0.4 is 0 Å². The third kappa shape index (κ3) is 4.46. The second kappa shape index (κ2) is 7.75. The van der Waals surface area contributed by atoms with Crippen molar-refractivity contribution >= 4 is 23.0 Å². The van der Waals surface area contributed by atoms with E-state index >= 15 is 0 Å². The molecule has 1 unspecified atom stereocenters. The van der Waals surface area contributed by atoms with Crippen LogP contribution in [0.2, 0.25) is 0 Å². The molecule has 62 valence electrons. The topological polar surface area (TPSA) is 18.5 Å². The molecule has 0 amide bonds. The van der Waals surface area contributed by atoms with Crippen LogP contribution in [0.3, 0.4) is 0 Å². The van der Waals surface area contributed by atoms with Gasteiger partial charge in [0, 0.05) is 6.61 Å². The monoisotopic (exact) mass is 258 g/mol. The second-order valence-corrected chi connectivity index (χ2v) is 2.53. The lowest BCUT2D eigenvalue weighted by molar-refractivity contribution is 0.0818. The first kappa shape index (κ1) is 10.7. The van der Waals surface area contributed by atoms with Crippen molar-refractivity contribution < 1.29 is 7.80 Å². The van der Waals surface area contributed by atoms with E-state index in [1.807, 2.05) is 36.9 Å². The van der Waals surface area contributed by atoms with Gasteiger partial charge in [0.15, 0.2) is 0 Å². The molecule has 1 fully saturated rings. The van der Waals surface area contributed by atoms with E-state index in [0.29, 0.717) is 6.10 Å². The first-order valence-corrected chi connectivity index (χ1v) is 4.66. The quantitative estimate of drug-likeness (QED) is 0.709. The van der Waals surface area contributed by atoms with Gasteiger partial charge in [-0.2, -0.15) is 0 Å². The normalized spacial score (nSPS) is 23.7. The molecule has 0 N–H and O–H groups in total. The molecular formula is C7H15IO2. The van der Waals surface area contributed by atoms with E-state index in [0.717, 1.165) is 13.2 Å². The maximum atomic E-state index is 5.26. The lowest BCUT2D eigenvalue weighted by Gasteiger charge is -2.03. The van der Waals surface area contributed by atoms with Crippen molar-refractivity contribution in [1.82, 2.24) is 0 Å². The van der Waals surface area contributed by atoms with Crippen molar-refractivity contribution in [3.63, 3.8) is 0 Å². The van der Waals surface area contributed by atoms with E-state index in [2.05, 4.69) is 0 Å². The number of ether oxygens (including phenoxy) is 1. The third-order valence-corrected chi connectivity index (χ3v) is 1.63. The van der Waals surface area contributed by atoms with Gasteiger partial charge in [0.05, 0.1) is 12.7 Å². The molecular weight excluding hydrogens is 243 g/mol.